The van der Waals surface area contributed by atoms with Crippen LogP contribution < -0.4 is 4.72 Å². The molecule has 7 nitrogen and oxygen atoms in total. The zero-order valence-electron chi connectivity index (χ0n) is 12.9. The smallest absolute Gasteiger partial charge is 0.305 e. The number of aromatic nitrogens is 2. The molecule has 1 atom stereocenters. The van der Waals surface area contributed by atoms with Gasteiger partial charge >= 0.3 is 5.97 Å². The maximum atomic E-state index is 12.4. The topological polar surface area (TPSA) is 101 Å². The van der Waals surface area contributed by atoms with Crippen molar-refractivity contribution < 1.29 is 18.3 Å². The van der Waals surface area contributed by atoms with Crippen molar-refractivity contribution in [3.63, 3.8) is 0 Å². The Morgan fingerprint density at radius 3 is 2.57 bits per heavy atom. The van der Waals surface area contributed by atoms with Crippen molar-refractivity contribution in [3.8, 4) is 0 Å². The van der Waals surface area contributed by atoms with Gasteiger partial charge in [-0.05, 0) is 27.2 Å². The highest BCUT2D eigenvalue weighted by Crippen LogP contribution is 2.20. The Labute approximate surface area is 125 Å². The molecule has 1 aromatic rings. The summed E-state index contributed by atoms with van der Waals surface area (Å²) in [6, 6.07) is -0.152. The second-order valence-electron chi connectivity index (χ2n) is 5.18. The predicted molar refractivity (Wildman–Crippen MR) is 78.6 cm³/mol. The van der Waals surface area contributed by atoms with Gasteiger partial charge in [0.05, 0.1) is 24.4 Å². The highest BCUT2D eigenvalue weighted by molar-refractivity contribution is 7.89. The number of hydrogen-bond donors (Lipinski definition) is 2. The number of carboxylic acids is 1. The van der Waals surface area contributed by atoms with E-state index < -0.39 is 16.0 Å². The van der Waals surface area contributed by atoms with Crippen LogP contribution in [0.1, 0.15) is 44.5 Å². The van der Waals surface area contributed by atoms with Crippen LogP contribution in [-0.4, -0.2) is 35.3 Å². The first-order valence-electron chi connectivity index (χ1n) is 6.97. The Morgan fingerprint density at radius 1 is 1.43 bits per heavy atom. The van der Waals surface area contributed by atoms with Crippen LogP contribution in [0.5, 0.6) is 0 Å². The fourth-order valence-corrected chi connectivity index (χ4v) is 3.99. The van der Waals surface area contributed by atoms with Gasteiger partial charge in [0.15, 0.2) is 0 Å². The van der Waals surface area contributed by atoms with Crippen molar-refractivity contribution in [3.05, 3.63) is 11.4 Å². The first-order valence-corrected chi connectivity index (χ1v) is 8.45. The normalized spacial score (nSPS) is 13.3. The van der Waals surface area contributed by atoms with E-state index in [2.05, 4.69) is 9.82 Å². The maximum Gasteiger partial charge on any atom is 0.305 e. The summed E-state index contributed by atoms with van der Waals surface area (Å²) in [5.74, 6) is -0.943. The Morgan fingerprint density at radius 2 is 2.05 bits per heavy atom. The summed E-state index contributed by atoms with van der Waals surface area (Å²) in [7, 11) is -3.64. The third-order valence-corrected chi connectivity index (χ3v) is 5.04. The molecule has 1 unspecified atom stereocenters. The molecule has 0 aliphatic rings. The van der Waals surface area contributed by atoms with E-state index in [0.29, 0.717) is 11.4 Å². The van der Waals surface area contributed by atoms with Crippen LogP contribution in [0.2, 0.25) is 0 Å². The Bertz CT molecular complexity index is 607. The first-order chi connectivity index (χ1) is 9.69. The first kappa shape index (κ1) is 17.6. The minimum Gasteiger partial charge on any atom is -0.481 e. The molecule has 0 aromatic carbocycles. The Kier molecular flexibility index (Phi) is 5.91. The van der Waals surface area contributed by atoms with Gasteiger partial charge in [0.2, 0.25) is 10.0 Å². The molecule has 1 rings (SSSR count). The van der Waals surface area contributed by atoms with Crippen molar-refractivity contribution in [2.75, 3.05) is 0 Å². The zero-order chi connectivity index (χ0) is 16.2. The van der Waals surface area contributed by atoms with E-state index >= 15 is 0 Å². The van der Waals surface area contributed by atoms with Crippen LogP contribution in [0.15, 0.2) is 4.90 Å². The van der Waals surface area contributed by atoms with Crippen molar-refractivity contribution in [2.45, 2.75) is 64.4 Å². The van der Waals surface area contributed by atoms with Gasteiger partial charge in [0.25, 0.3) is 0 Å². The molecule has 8 heteroatoms. The van der Waals surface area contributed by atoms with Crippen molar-refractivity contribution in [2.24, 2.45) is 0 Å². The molecule has 1 aromatic heterocycles. The van der Waals surface area contributed by atoms with Gasteiger partial charge in [0, 0.05) is 6.04 Å². The van der Waals surface area contributed by atoms with Crippen LogP contribution in [0.3, 0.4) is 0 Å². The number of sulfonamides is 1. The average molecular weight is 317 g/mol. The van der Waals surface area contributed by atoms with E-state index in [-0.39, 0.29) is 23.9 Å². The van der Waals surface area contributed by atoms with Crippen LogP contribution in [0, 0.1) is 13.8 Å². The number of rotatable bonds is 8. The van der Waals surface area contributed by atoms with Crippen LogP contribution >= 0.6 is 0 Å². The number of nitrogens with one attached hydrogen (secondary N) is 1. The monoisotopic (exact) mass is 317 g/mol. The molecule has 0 radical (unpaired) electrons. The van der Waals surface area contributed by atoms with E-state index in [1.165, 1.54) is 4.68 Å². The summed E-state index contributed by atoms with van der Waals surface area (Å²) < 4.78 is 28.9. The maximum absolute atomic E-state index is 12.4. The molecular weight excluding hydrogens is 294 g/mol. The van der Waals surface area contributed by atoms with Gasteiger partial charge in [-0.25, -0.2) is 13.1 Å². The average Bonchev–Trinajstić information content (AvgIpc) is 2.61. The van der Waals surface area contributed by atoms with Crippen molar-refractivity contribution >= 4 is 16.0 Å². The lowest BCUT2D eigenvalue weighted by Gasteiger charge is -2.13. The molecule has 0 amide bonds. The fourth-order valence-electron chi connectivity index (χ4n) is 2.30. The SMILES string of the molecule is CCCC(C)NS(=O)(=O)c1c(C)nn(CCC(=O)O)c1C. The van der Waals surface area contributed by atoms with E-state index in [4.69, 9.17) is 5.11 Å². The largest absolute Gasteiger partial charge is 0.481 e. The number of hydrogen-bond acceptors (Lipinski definition) is 4. The number of aliphatic carboxylic acids is 1. The third-order valence-electron chi connectivity index (χ3n) is 3.20. The summed E-state index contributed by atoms with van der Waals surface area (Å²) in [5.41, 5.74) is 0.846. The van der Waals surface area contributed by atoms with Crippen molar-refractivity contribution in [1.82, 2.24) is 14.5 Å². The fraction of sp³-hybridized carbons (Fsp3) is 0.692. The highest BCUT2D eigenvalue weighted by atomic mass is 32.2. The summed E-state index contributed by atoms with van der Waals surface area (Å²) in [6.45, 7) is 7.22. The molecule has 0 saturated heterocycles. The molecule has 0 aliphatic carbocycles. The van der Waals surface area contributed by atoms with Gasteiger partial charge in [-0.1, -0.05) is 13.3 Å². The van der Waals surface area contributed by atoms with E-state index in [1.54, 1.807) is 13.8 Å². The lowest BCUT2D eigenvalue weighted by molar-refractivity contribution is -0.137. The van der Waals surface area contributed by atoms with Gasteiger partial charge in [0.1, 0.15) is 4.90 Å². The molecule has 0 bridgehead atoms. The summed E-state index contributed by atoms with van der Waals surface area (Å²) in [5, 5.41) is 12.8. The number of carbonyl (C=O) groups is 1. The predicted octanol–water partition coefficient (Wildman–Crippen LogP) is 1.44. The van der Waals surface area contributed by atoms with Crippen LogP contribution in [-0.2, 0) is 21.4 Å². The lowest BCUT2D eigenvalue weighted by Crippen LogP contribution is -2.33. The van der Waals surface area contributed by atoms with Gasteiger partial charge in [-0.3, -0.25) is 9.48 Å². The lowest BCUT2D eigenvalue weighted by atomic mass is 10.2. The zero-order valence-corrected chi connectivity index (χ0v) is 13.7. The summed E-state index contributed by atoms with van der Waals surface area (Å²) in [4.78, 5) is 10.8. The standard InChI is InChI=1S/C13H23N3O4S/c1-5-6-9(2)15-21(19,20)13-10(3)14-16(11(13)4)8-7-12(17)18/h9,15H,5-8H2,1-4H3,(H,17,18). The molecule has 21 heavy (non-hydrogen) atoms. The molecule has 0 aliphatic heterocycles. The number of carboxylic acid groups (broad SMARTS) is 1. The quantitative estimate of drug-likeness (QED) is 0.755. The van der Waals surface area contributed by atoms with Gasteiger partial charge < -0.3 is 5.11 Å². The minimum absolute atomic E-state index is 0.0961. The van der Waals surface area contributed by atoms with Gasteiger partial charge in [-0.15, -0.1) is 0 Å². The van der Waals surface area contributed by atoms with Crippen molar-refractivity contribution in [1.29, 1.82) is 0 Å². The third kappa shape index (κ3) is 4.53. The van der Waals surface area contributed by atoms with Crippen LogP contribution in [0.25, 0.3) is 0 Å². The number of aryl methyl sites for hydroxylation is 2. The van der Waals surface area contributed by atoms with E-state index in [0.717, 1.165) is 12.8 Å². The molecular formula is C13H23N3O4S. The van der Waals surface area contributed by atoms with E-state index in [1.807, 2.05) is 13.8 Å². The molecule has 120 valence electrons. The Balaban J connectivity index is 3.04. The molecule has 0 spiro atoms. The Hall–Kier alpha value is -1.41. The molecule has 2 N–H and O–H groups in total. The van der Waals surface area contributed by atoms with Crippen LogP contribution in [0.4, 0.5) is 0 Å². The number of nitrogens with zero attached hydrogens (tertiary/aromatic N) is 2. The van der Waals surface area contributed by atoms with Gasteiger partial charge in [-0.2, -0.15) is 5.10 Å². The minimum atomic E-state index is -3.64. The molecule has 0 saturated carbocycles. The van der Waals surface area contributed by atoms with E-state index in [9.17, 15) is 13.2 Å². The molecule has 0 fully saturated rings. The summed E-state index contributed by atoms with van der Waals surface area (Å²) in [6.07, 6.45) is 1.55. The molecule has 1 heterocycles. The second-order valence-corrected chi connectivity index (χ2v) is 6.83. The summed E-state index contributed by atoms with van der Waals surface area (Å²) >= 11 is 0. The second kappa shape index (κ2) is 7.04. The highest BCUT2D eigenvalue weighted by Gasteiger charge is 2.25.